The second kappa shape index (κ2) is 8.01. The maximum Gasteiger partial charge on any atom is 0.172 e. The van der Waals surface area contributed by atoms with E-state index in [0.717, 1.165) is 74.4 Å². The summed E-state index contributed by atoms with van der Waals surface area (Å²) in [6.07, 6.45) is 1.64. The first-order chi connectivity index (χ1) is 18.5. The van der Waals surface area contributed by atoms with Gasteiger partial charge in [0.1, 0.15) is 0 Å². The molecule has 3 aliphatic rings. The van der Waals surface area contributed by atoms with Gasteiger partial charge in [-0.1, -0.05) is 64.4 Å². The number of fused-ring (bicyclic) bond motifs is 8. The molecule has 0 saturated carbocycles. The Kier molecular flexibility index (Phi) is 4.95. The quantitative estimate of drug-likeness (QED) is 0.274. The molecule has 3 aromatic heterocycles. The first kappa shape index (κ1) is 24.1. The van der Waals surface area contributed by atoms with Crippen molar-refractivity contribution in [2.75, 3.05) is 0 Å². The van der Waals surface area contributed by atoms with Crippen molar-refractivity contribution in [3.05, 3.63) is 94.1 Å². The van der Waals surface area contributed by atoms with E-state index in [-0.39, 0.29) is 22.5 Å². The van der Waals surface area contributed by atoms with Crippen LogP contribution < -0.4 is 0 Å². The molecule has 7 rings (SSSR count). The maximum absolute atomic E-state index is 13.4. The Hall–Kier alpha value is -3.99. The number of hydrogen-bond donors (Lipinski definition) is 2. The number of rotatable bonds is 1. The van der Waals surface area contributed by atoms with E-state index < -0.39 is 0 Å². The van der Waals surface area contributed by atoms with Gasteiger partial charge < -0.3 is 9.97 Å². The van der Waals surface area contributed by atoms with Crippen LogP contribution in [-0.4, -0.2) is 25.7 Å². The lowest BCUT2D eigenvalue weighted by molar-refractivity contribution is 0.0974. The van der Waals surface area contributed by atoms with Gasteiger partial charge in [-0.15, -0.1) is 0 Å². The Bertz CT molecular complexity index is 1850. The Morgan fingerprint density at radius 1 is 0.795 bits per heavy atom. The predicted octanol–water partition coefficient (Wildman–Crippen LogP) is 7.63. The third-order valence-corrected chi connectivity index (χ3v) is 8.78. The van der Waals surface area contributed by atoms with Crippen LogP contribution in [0, 0.1) is 6.92 Å². The zero-order valence-electron chi connectivity index (χ0n) is 23.5. The van der Waals surface area contributed by atoms with Crippen LogP contribution in [0.15, 0.2) is 54.6 Å². The van der Waals surface area contributed by atoms with E-state index in [4.69, 9.17) is 9.97 Å². The van der Waals surface area contributed by atoms with Gasteiger partial charge in [0.05, 0.1) is 5.52 Å². The number of carbonyl (C=O) groups is 1. The topological polar surface area (TPSA) is 74.4 Å². The second-order valence-corrected chi connectivity index (χ2v) is 12.9. The molecule has 39 heavy (non-hydrogen) atoms. The van der Waals surface area contributed by atoms with Crippen molar-refractivity contribution in [1.82, 2.24) is 19.9 Å². The average Bonchev–Trinajstić information content (AvgIpc) is 3.62. The minimum absolute atomic E-state index is 0.108. The van der Waals surface area contributed by atoms with Crippen molar-refractivity contribution < 1.29 is 4.79 Å². The van der Waals surface area contributed by atoms with Crippen LogP contribution in [0.4, 0.5) is 0 Å². The van der Waals surface area contributed by atoms with Crippen molar-refractivity contribution >= 4 is 27.9 Å². The number of aromatic nitrogens is 4. The number of aryl methyl sites for hydroxylation is 1. The lowest BCUT2D eigenvalue weighted by Crippen LogP contribution is -2.15. The molecule has 1 unspecified atom stereocenters. The standard InChI is InChI=1S/C34H34N4O/c1-18-7-9-20(10-8-18)24-12-21-11-23-16-33(3,4)28(36-23)14-22-13-25-31(37-22)30(19(2)32(25)39)27-17-34(5,6)29(38-27)15-26(24)35-21/h7-15,19,35,37H,16-17H2,1-6H3. The molecule has 0 amide bonds. The van der Waals surface area contributed by atoms with Crippen LogP contribution in [0.3, 0.4) is 0 Å². The van der Waals surface area contributed by atoms with Crippen LogP contribution in [0.2, 0.25) is 0 Å². The van der Waals surface area contributed by atoms with Gasteiger partial charge in [0.15, 0.2) is 5.78 Å². The summed E-state index contributed by atoms with van der Waals surface area (Å²) in [4.78, 5) is 30.9. The Balaban J connectivity index is 1.61. The molecule has 4 aromatic rings. The highest BCUT2D eigenvalue weighted by atomic mass is 16.1. The molecule has 0 spiro atoms. The summed E-state index contributed by atoms with van der Waals surface area (Å²) < 4.78 is 0. The van der Waals surface area contributed by atoms with Crippen molar-refractivity contribution in [1.29, 1.82) is 0 Å². The second-order valence-electron chi connectivity index (χ2n) is 12.9. The molecule has 2 aliphatic heterocycles. The number of nitrogens with zero attached hydrogens (tertiary/aromatic N) is 2. The van der Waals surface area contributed by atoms with E-state index in [1.807, 2.05) is 13.0 Å². The van der Waals surface area contributed by atoms with Gasteiger partial charge >= 0.3 is 0 Å². The molecule has 0 radical (unpaired) electrons. The molecular formula is C34H34N4O. The molecule has 0 saturated heterocycles. The van der Waals surface area contributed by atoms with Crippen molar-refractivity contribution in [3.63, 3.8) is 0 Å². The van der Waals surface area contributed by atoms with Gasteiger partial charge in [0, 0.05) is 85.6 Å². The van der Waals surface area contributed by atoms with Crippen molar-refractivity contribution in [2.45, 2.75) is 71.1 Å². The Morgan fingerprint density at radius 3 is 2.23 bits per heavy atom. The fraction of sp³-hybridized carbons (Fsp3) is 0.324. The van der Waals surface area contributed by atoms with Crippen LogP contribution in [0.5, 0.6) is 0 Å². The summed E-state index contributed by atoms with van der Waals surface area (Å²) in [6, 6.07) is 19.4. The summed E-state index contributed by atoms with van der Waals surface area (Å²) in [7, 11) is 0. The monoisotopic (exact) mass is 514 g/mol. The van der Waals surface area contributed by atoms with Gasteiger partial charge in [-0.05, 0) is 42.8 Å². The van der Waals surface area contributed by atoms with E-state index in [1.165, 1.54) is 11.1 Å². The fourth-order valence-corrected chi connectivity index (χ4v) is 6.48. The van der Waals surface area contributed by atoms with Gasteiger partial charge in [-0.2, -0.15) is 0 Å². The fourth-order valence-electron chi connectivity index (χ4n) is 6.48. The summed E-state index contributed by atoms with van der Waals surface area (Å²) in [5, 5.41) is 0. The number of benzene rings is 1. The van der Waals surface area contributed by atoms with E-state index in [2.05, 4.69) is 93.1 Å². The van der Waals surface area contributed by atoms with E-state index in [9.17, 15) is 4.79 Å². The van der Waals surface area contributed by atoms with Gasteiger partial charge in [0.25, 0.3) is 0 Å². The molecule has 5 nitrogen and oxygen atoms in total. The third kappa shape index (κ3) is 3.78. The molecule has 5 heteroatoms. The molecule has 1 atom stereocenters. The average molecular weight is 515 g/mol. The highest BCUT2D eigenvalue weighted by Crippen LogP contribution is 2.42. The lowest BCUT2D eigenvalue weighted by Gasteiger charge is -2.16. The number of ketones is 1. The molecule has 0 fully saturated rings. The summed E-state index contributed by atoms with van der Waals surface area (Å²) in [5.74, 6) is -0.0399. The normalized spacial score (nSPS) is 19.0. The van der Waals surface area contributed by atoms with Crippen molar-refractivity contribution in [2.24, 2.45) is 0 Å². The molecule has 8 bridgehead atoms. The van der Waals surface area contributed by atoms with Gasteiger partial charge in [0.2, 0.25) is 0 Å². The minimum Gasteiger partial charge on any atom is -0.355 e. The van der Waals surface area contributed by atoms with Crippen LogP contribution in [0.1, 0.15) is 84.8 Å². The zero-order chi connectivity index (χ0) is 27.3. The Labute approximate surface area is 228 Å². The lowest BCUT2D eigenvalue weighted by atomic mass is 9.85. The largest absolute Gasteiger partial charge is 0.355 e. The highest BCUT2D eigenvalue weighted by molar-refractivity contribution is 6.14. The third-order valence-electron chi connectivity index (χ3n) is 8.78. The summed E-state index contributed by atoms with van der Waals surface area (Å²) in [6.45, 7) is 13.1. The zero-order valence-corrected chi connectivity index (χ0v) is 23.5. The molecule has 2 N–H and O–H groups in total. The molecule has 5 heterocycles. The van der Waals surface area contributed by atoms with Crippen LogP contribution in [-0.2, 0) is 23.7 Å². The molecule has 1 aromatic carbocycles. The Morgan fingerprint density at radius 2 is 1.46 bits per heavy atom. The number of H-pyrrole nitrogens is 2. The number of hydrogen-bond acceptors (Lipinski definition) is 3. The van der Waals surface area contributed by atoms with E-state index in [1.54, 1.807) is 0 Å². The van der Waals surface area contributed by atoms with Crippen LogP contribution in [0.25, 0.3) is 33.2 Å². The minimum atomic E-state index is -0.205. The molecule has 196 valence electrons. The molecular weight excluding hydrogens is 480 g/mol. The number of aromatic amines is 2. The van der Waals surface area contributed by atoms with Crippen LogP contribution >= 0.6 is 0 Å². The van der Waals surface area contributed by atoms with Gasteiger partial charge in [-0.25, -0.2) is 0 Å². The van der Waals surface area contributed by atoms with Gasteiger partial charge in [-0.3, -0.25) is 14.8 Å². The predicted molar refractivity (Wildman–Crippen MR) is 157 cm³/mol. The maximum atomic E-state index is 13.4. The first-order valence-corrected chi connectivity index (χ1v) is 13.9. The highest BCUT2D eigenvalue weighted by Gasteiger charge is 2.37. The number of Topliss-reactive ketones (excluding diaryl/α,β-unsaturated/α-hetero) is 1. The SMILES string of the molecule is Cc1ccc(-c2cc3cc4nc(cc5cc6c([nH]5)c(c5nc(cc2[nH]3)C(C)(C)C5)C(C)C6=O)C(C)(C)C4)cc1. The molecule has 1 aliphatic carbocycles. The van der Waals surface area contributed by atoms with E-state index in [0.29, 0.717) is 0 Å². The number of nitrogens with one attached hydrogen (secondary N) is 2. The summed E-state index contributed by atoms with van der Waals surface area (Å²) in [5.41, 5.74) is 13.1. The van der Waals surface area contributed by atoms with E-state index >= 15 is 0 Å². The number of carbonyl (C=O) groups excluding carboxylic acids is 1. The summed E-state index contributed by atoms with van der Waals surface area (Å²) >= 11 is 0. The smallest absolute Gasteiger partial charge is 0.172 e. The van der Waals surface area contributed by atoms with Crippen molar-refractivity contribution in [3.8, 4) is 11.1 Å². The first-order valence-electron chi connectivity index (χ1n) is 13.9.